The molecule has 0 aliphatic rings. The van der Waals surface area contributed by atoms with E-state index in [1.807, 2.05) is 7.28 Å². The molecular weight excluding hydrogens is 125 g/mol. The number of rotatable bonds is 3. The van der Waals surface area contributed by atoms with E-state index in [-0.39, 0.29) is 6.00 Å². The first kappa shape index (κ1) is 9.54. The van der Waals surface area contributed by atoms with Crippen molar-refractivity contribution in [2.45, 2.75) is 19.3 Å². The van der Waals surface area contributed by atoms with Crippen LogP contribution in [0.5, 0.6) is 0 Å². The predicted molar refractivity (Wildman–Crippen MR) is 43.7 cm³/mol. The molecule has 1 unspecified atom stereocenters. The molecule has 0 amide bonds. The second kappa shape index (κ2) is 6.66. The lowest BCUT2D eigenvalue weighted by atomic mass is 9.71. The molecule has 0 aromatic heterocycles. The molecule has 0 spiro atoms. The van der Waals surface area contributed by atoms with E-state index in [2.05, 4.69) is 18.7 Å². The van der Waals surface area contributed by atoms with E-state index in [0.29, 0.717) is 6.54 Å². The minimum Gasteiger partial charge on any atom is -0.389 e. The third-order valence-electron chi connectivity index (χ3n) is 1.18. The van der Waals surface area contributed by atoms with Gasteiger partial charge in [0.1, 0.15) is 0 Å². The van der Waals surface area contributed by atoms with Crippen LogP contribution in [0.25, 0.3) is 0 Å². The van der Waals surface area contributed by atoms with Gasteiger partial charge < -0.3 is 10.5 Å². The monoisotopic (exact) mass is 138 g/mol. The van der Waals surface area contributed by atoms with Crippen LogP contribution in [-0.4, -0.2) is 26.9 Å². The van der Waals surface area contributed by atoms with Crippen molar-refractivity contribution in [1.29, 1.82) is 0 Å². The Hall–Kier alpha value is -0.455. The molecule has 0 heterocycles. The maximum absolute atomic E-state index is 5.16. The van der Waals surface area contributed by atoms with Crippen molar-refractivity contribution < 1.29 is 4.74 Å². The second-order valence-electron chi connectivity index (χ2n) is 1.87. The quantitative estimate of drug-likeness (QED) is 0.439. The van der Waals surface area contributed by atoms with Gasteiger partial charge in [0, 0.05) is 13.1 Å². The van der Waals surface area contributed by atoms with E-state index in [4.69, 9.17) is 10.5 Å². The van der Waals surface area contributed by atoms with Gasteiger partial charge in [-0.25, -0.2) is 0 Å². The molecule has 1 radical (unpaired) electrons. The summed E-state index contributed by atoms with van der Waals surface area (Å²) in [5.74, 6) is 5.55. The van der Waals surface area contributed by atoms with Gasteiger partial charge in [0.2, 0.25) is 0 Å². The summed E-state index contributed by atoms with van der Waals surface area (Å²) in [6.45, 7) is 2.46. The lowest BCUT2D eigenvalue weighted by Gasteiger charge is -2.05. The molecular formula is C7H13BNO. The van der Waals surface area contributed by atoms with Crippen LogP contribution in [0.4, 0.5) is 0 Å². The highest BCUT2D eigenvalue weighted by atomic mass is 16.5. The Morgan fingerprint density at radius 3 is 2.80 bits per heavy atom. The summed E-state index contributed by atoms with van der Waals surface area (Å²) in [6, 6.07) is 0.152. The normalized spacial score (nSPS) is 11.5. The summed E-state index contributed by atoms with van der Waals surface area (Å²) in [6.07, 6.45) is 0.954. The van der Waals surface area contributed by atoms with E-state index in [1.165, 1.54) is 0 Å². The minimum absolute atomic E-state index is 0.152. The van der Waals surface area contributed by atoms with Gasteiger partial charge in [-0.15, -0.1) is 5.92 Å². The first-order chi connectivity index (χ1) is 4.85. The van der Waals surface area contributed by atoms with E-state index in [1.54, 1.807) is 7.11 Å². The highest BCUT2D eigenvalue weighted by Crippen LogP contribution is 1.91. The van der Waals surface area contributed by atoms with Crippen LogP contribution in [0.3, 0.4) is 0 Å². The maximum Gasteiger partial charge on any atom is 0.251 e. The van der Waals surface area contributed by atoms with Gasteiger partial charge in [0.15, 0.2) is 0 Å². The van der Waals surface area contributed by atoms with Crippen molar-refractivity contribution in [3.8, 4) is 11.7 Å². The van der Waals surface area contributed by atoms with Crippen molar-refractivity contribution >= 4 is 7.28 Å². The first-order valence-electron chi connectivity index (χ1n) is 3.39. The standard InChI is InChI=1S/C7H13BNO/c1-3-7(10-2)8-5-4-6-9/h7H,3,6,9H2,1-2H3. The predicted octanol–water partition coefficient (Wildman–Crippen LogP) is -0.00730. The summed E-state index contributed by atoms with van der Waals surface area (Å²) >= 11 is 0. The molecule has 0 fully saturated rings. The van der Waals surface area contributed by atoms with Crippen molar-refractivity contribution in [3.63, 3.8) is 0 Å². The molecule has 0 bridgehead atoms. The molecule has 0 rings (SSSR count). The van der Waals surface area contributed by atoms with Gasteiger partial charge in [-0.2, -0.15) is 5.82 Å². The molecule has 0 aromatic rings. The third-order valence-corrected chi connectivity index (χ3v) is 1.18. The van der Waals surface area contributed by atoms with Crippen LogP contribution in [0, 0.1) is 11.7 Å². The summed E-state index contributed by atoms with van der Waals surface area (Å²) in [5, 5.41) is 0. The van der Waals surface area contributed by atoms with Crippen LogP contribution in [-0.2, 0) is 4.74 Å². The molecule has 3 heteroatoms. The summed E-state index contributed by atoms with van der Waals surface area (Å²) in [7, 11) is 3.50. The van der Waals surface area contributed by atoms with Crippen molar-refractivity contribution in [1.82, 2.24) is 0 Å². The Bertz CT molecular complexity index is 123. The molecule has 0 saturated heterocycles. The van der Waals surface area contributed by atoms with E-state index < -0.39 is 0 Å². The average molecular weight is 138 g/mol. The van der Waals surface area contributed by atoms with E-state index >= 15 is 0 Å². The fourth-order valence-electron chi connectivity index (χ4n) is 0.563. The number of methoxy groups -OCH3 is 1. The third kappa shape index (κ3) is 4.43. The first-order valence-corrected chi connectivity index (χ1v) is 3.39. The van der Waals surface area contributed by atoms with Crippen molar-refractivity contribution in [2.75, 3.05) is 13.7 Å². The highest BCUT2D eigenvalue weighted by Gasteiger charge is 2.01. The van der Waals surface area contributed by atoms with Gasteiger partial charge in [-0.05, 0) is 6.42 Å². The topological polar surface area (TPSA) is 35.2 Å². The maximum atomic E-state index is 5.16. The van der Waals surface area contributed by atoms with Gasteiger partial charge >= 0.3 is 0 Å². The summed E-state index contributed by atoms with van der Waals surface area (Å²) in [5.41, 5.74) is 5.16. The molecule has 55 valence electrons. The van der Waals surface area contributed by atoms with Gasteiger partial charge in [-0.3, -0.25) is 0 Å². The molecule has 2 nitrogen and oxygen atoms in total. The largest absolute Gasteiger partial charge is 0.389 e. The molecule has 2 N–H and O–H groups in total. The average Bonchev–Trinajstić information content (AvgIpc) is 1.99. The summed E-state index contributed by atoms with van der Waals surface area (Å²) in [4.78, 5) is 0. The van der Waals surface area contributed by atoms with Crippen molar-refractivity contribution in [3.05, 3.63) is 0 Å². The number of ether oxygens (including phenoxy) is 1. The zero-order valence-corrected chi connectivity index (χ0v) is 6.55. The second-order valence-corrected chi connectivity index (χ2v) is 1.87. The number of hydrogen-bond acceptors (Lipinski definition) is 2. The molecule has 0 aliphatic heterocycles. The zero-order valence-electron chi connectivity index (χ0n) is 6.55. The lowest BCUT2D eigenvalue weighted by Crippen LogP contribution is -2.16. The fraction of sp³-hybridized carbons (Fsp3) is 0.714. The fourth-order valence-corrected chi connectivity index (χ4v) is 0.563. The Kier molecular flexibility index (Phi) is 6.36. The highest BCUT2D eigenvalue weighted by molar-refractivity contribution is 6.47. The van der Waals surface area contributed by atoms with Crippen LogP contribution in [0.2, 0.25) is 0 Å². The zero-order chi connectivity index (χ0) is 7.82. The van der Waals surface area contributed by atoms with Crippen LogP contribution in [0.1, 0.15) is 13.3 Å². The lowest BCUT2D eigenvalue weighted by molar-refractivity contribution is 0.162. The Balaban J connectivity index is 3.43. The Labute approximate surface area is 63.4 Å². The number of hydrogen-bond donors (Lipinski definition) is 1. The number of nitrogens with two attached hydrogens (primary N) is 1. The van der Waals surface area contributed by atoms with Gasteiger partial charge in [0.05, 0.1) is 6.54 Å². The molecule has 0 aliphatic carbocycles. The minimum atomic E-state index is 0.152. The molecule has 0 saturated carbocycles. The molecule has 0 aromatic carbocycles. The van der Waals surface area contributed by atoms with Crippen LogP contribution < -0.4 is 5.73 Å². The van der Waals surface area contributed by atoms with Crippen molar-refractivity contribution in [2.24, 2.45) is 5.73 Å². The molecule has 1 atom stereocenters. The van der Waals surface area contributed by atoms with E-state index in [0.717, 1.165) is 6.42 Å². The van der Waals surface area contributed by atoms with Crippen LogP contribution >= 0.6 is 0 Å². The summed E-state index contributed by atoms with van der Waals surface area (Å²) < 4.78 is 5.05. The van der Waals surface area contributed by atoms with Gasteiger partial charge in [-0.1, -0.05) is 6.92 Å². The van der Waals surface area contributed by atoms with Crippen LogP contribution in [0.15, 0.2) is 0 Å². The molecule has 10 heavy (non-hydrogen) atoms. The van der Waals surface area contributed by atoms with Gasteiger partial charge in [0.25, 0.3) is 7.28 Å². The Morgan fingerprint density at radius 2 is 2.40 bits per heavy atom. The van der Waals surface area contributed by atoms with E-state index in [9.17, 15) is 0 Å². The SMILES string of the molecule is CCC([B]C#CCN)OC. The Morgan fingerprint density at radius 1 is 1.70 bits per heavy atom. The smallest absolute Gasteiger partial charge is 0.251 e.